The van der Waals surface area contributed by atoms with Crippen LogP contribution in [-0.4, -0.2) is 38.2 Å². The van der Waals surface area contributed by atoms with Crippen molar-refractivity contribution < 1.29 is 4.79 Å². The van der Waals surface area contributed by atoms with E-state index < -0.39 is 0 Å². The molecule has 152 valence electrons. The van der Waals surface area contributed by atoms with Gasteiger partial charge in [-0.15, -0.1) is 5.10 Å². The molecule has 9 heteroatoms. The van der Waals surface area contributed by atoms with Crippen molar-refractivity contribution in [2.24, 2.45) is 5.92 Å². The number of piperidine rings is 1. The Labute approximate surface area is 173 Å². The predicted molar refractivity (Wildman–Crippen MR) is 113 cm³/mol. The van der Waals surface area contributed by atoms with E-state index in [1.807, 2.05) is 6.92 Å². The fourth-order valence-electron chi connectivity index (χ4n) is 3.71. The van der Waals surface area contributed by atoms with E-state index in [-0.39, 0.29) is 18.1 Å². The molecule has 1 aliphatic heterocycles. The van der Waals surface area contributed by atoms with Crippen LogP contribution in [0.5, 0.6) is 0 Å². The highest BCUT2D eigenvalue weighted by atomic mass is 35.5. The third kappa shape index (κ3) is 3.85. The monoisotopic (exact) mass is 414 g/mol. The Hall–Kier alpha value is -2.87. The van der Waals surface area contributed by atoms with Gasteiger partial charge in [0, 0.05) is 36.2 Å². The summed E-state index contributed by atoms with van der Waals surface area (Å²) >= 11 is 6.10. The van der Waals surface area contributed by atoms with Crippen LogP contribution in [0.15, 0.2) is 35.4 Å². The highest BCUT2D eigenvalue weighted by Gasteiger charge is 2.22. The lowest BCUT2D eigenvalue weighted by Gasteiger charge is -2.31. The van der Waals surface area contributed by atoms with Gasteiger partial charge in [-0.05, 0) is 43.4 Å². The van der Waals surface area contributed by atoms with Gasteiger partial charge < -0.3 is 10.2 Å². The molecular weight excluding hydrogens is 392 g/mol. The van der Waals surface area contributed by atoms with Crippen molar-refractivity contribution in [3.05, 3.63) is 51.7 Å². The summed E-state index contributed by atoms with van der Waals surface area (Å²) in [5, 5.41) is 7.78. The number of halogens is 1. The molecule has 3 aromatic rings. The molecular formula is C20H23ClN6O2. The molecule has 0 spiro atoms. The first-order valence-corrected chi connectivity index (χ1v) is 10.1. The number of nitrogens with one attached hydrogen (secondary N) is 1. The SMILES string of the molecule is Cc1c(Cl)cccc1NC(=O)Cn1nc2c(N3CCC[C@H](C)C3)nccn2c1=O. The lowest BCUT2D eigenvalue weighted by atomic mass is 10.0. The number of hydrogen-bond donors (Lipinski definition) is 1. The first-order chi connectivity index (χ1) is 13.9. The summed E-state index contributed by atoms with van der Waals surface area (Å²) in [6.45, 7) is 5.60. The number of carbonyl (C=O) groups excluding carboxylic acids is 1. The van der Waals surface area contributed by atoms with E-state index in [4.69, 9.17) is 11.6 Å². The largest absolute Gasteiger partial charge is 0.353 e. The highest BCUT2D eigenvalue weighted by molar-refractivity contribution is 6.31. The first-order valence-electron chi connectivity index (χ1n) is 9.68. The van der Waals surface area contributed by atoms with Crippen LogP contribution in [0.4, 0.5) is 11.5 Å². The number of anilines is 2. The number of fused-ring (bicyclic) bond motifs is 1. The van der Waals surface area contributed by atoms with Crippen molar-refractivity contribution >= 4 is 34.7 Å². The van der Waals surface area contributed by atoms with Crippen LogP contribution < -0.4 is 15.9 Å². The molecule has 1 saturated heterocycles. The van der Waals surface area contributed by atoms with Gasteiger partial charge in [-0.2, -0.15) is 0 Å². The normalized spacial score (nSPS) is 16.9. The number of benzene rings is 1. The molecule has 1 amide bonds. The number of nitrogens with zero attached hydrogens (tertiary/aromatic N) is 5. The molecule has 0 radical (unpaired) electrons. The van der Waals surface area contributed by atoms with Crippen molar-refractivity contribution in [3.8, 4) is 0 Å². The molecule has 0 unspecified atom stereocenters. The number of rotatable bonds is 4. The minimum Gasteiger partial charge on any atom is -0.353 e. The van der Waals surface area contributed by atoms with Gasteiger partial charge in [0.1, 0.15) is 6.54 Å². The molecule has 0 bridgehead atoms. The zero-order valence-electron chi connectivity index (χ0n) is 16.4. The maximum Gasteiger partial charge on any atom is 0.350 e. The number of carbonyl (C=O) groups is 1. The first kappa shape index (κ1) is 19.4. The van der Waals surface area contributed by atoms with Crippen LogP contribution in [0.3, 0.4) is 0 Å². The van der Waals surface area contributed by atoms with Crippen molar-refractivity contribution in [1.29, 1.82) is 0 Å². The third-order valence-corrected chi connectivity index (χ3v) is 5.68. The van der Waals surface area contributed by atoms with Gasteiger partial charge >= 0.3 is 5.69 Å². The predicted octanol–water partition coefficient (Wildman–Crippen LogP) is 2.73. The fourth-order valence-corrected chi connectivity index (χ4v) is 3.89. The molecule has 2 aromatic heterocycles. The molecule has 1 aromatic carbocycles. The zero-order chi connectivity index (χ0) is 20.5. The number of aromatic nitrogens is 4. The third-order valence-electron chi connectivity index (χ3n) is 5.27. The maximum atomic E-state index is 12.8. The van der Waals surface area contributed by atoms with Gasteiger partial charge in [0.25, 0.3) is 0 Å². The second kappa shape index (κ2) is 7.87. The van der Waals surface area contributed by atoms with E-state index >= 15 is 0 Å². The second-order valence-corrected chi connectivity index (χ2v) is 7.95. The standard InChI is InChI=1S/C20H23ClN6O2/c1-13-5-4-9-25(11-13)18-19-24-27(20(29)26(19)10-8-22-18)12-17(28)23-16-7-3-6-15(21)14(16)2/h3,6-8,10,13H,4-5,9,11-12H2,1-2H3,(H,23,28)/t13-/m0/s1. The summed E-state index contributed by atoms with van der Waals surface area (Å²) in [4.78, 5) is 31.9. The van der Waals surface area contributed by atoms with Crippen LogP contribution in [0.25, 0.3) is 5.65 Å². The van der Waals surface area contributed by atoms with Gasteiger partial charge in [0.05, 0.1) is 0 Å². The second-order valence-electron chi connectivity index (χ2n) is 7.54. The minimum absolute atomic E-state index is 0.192. The molecule has 1 N–H and O–H groups in total. The van der Waals surface area contributed by atoms with Gasteiger partial charge in [0.2, 0.25) is 11.6 Å². The highest BCUT2D eigenvalue weighted by Crippen LogP contribution is 2.24. The smallest absolute Gasteiger partial charge is 0.350 e. The summed E-state index contributed by atoms with van der Waals surface area (Å²) in [6.07, 6.45) is 5.45. The maximum absolute atomic E-state index is 12.8. The molecule has 29 heavy (non-hydrogen) atoms. The molecule has 1 aliphatic rings. The van der Waals surface area contributed by atoms with Gasteiger partial charge in [0.15, 0.2) is 5.82 Å². The Morgan fingerprint density at radius 3 is 3.00 bits per heavy atom. The average Bonchev–Trinajstić information content (AvgIpc) is 3.01. The zero-order valence-corrected chi connectivity index (χ0v) is 17.2. The molecule has 0 aliphatic carbocycles. The van der Waals surface area contributed by atoms with Crippen molar-refractivity contribution in [2.45, 2.75) is 33.2 Å². The molecule has 3 heterocycles. The fraction of sp³-hybridized carbons (Fsp3) is 0.400. The Bertz CT molecular complexity index is 1120. The van der Waals surface area contributed by atoms with E-state index in [0.29, 0.717) is 28.1 Å². The van der Waals surface area contributed by atoms with Crippen LogP contribution >= 0.6 is 11.6 Å². The molecule has 0 saturated carbocycles. The lowest BCUT2D eigenvalue weighted by molar-refractivity contribution is -0.117. The summed E-state index contributed by atoms with van der Waals surface area (Å²) < 4.78 is 2.61. The molecule has 1 fully saturated rings. The minimum atomic E-state index is -0.369. The average molecular weight is 415 g/mol. The van der Waals surface area contributed by atoms with Crippen molar-refractivity contribution in [3.63, 3.8) is 0 Å². The summed E-state index contributed by atoms with van der Waals surface area (Å²) in [5.74, 6) is 0.897. The van der Waals surface area contributed by atoms with E-state index in [1.54, 1.807) is 30.6 Å². The summed E-state index contributed by atoms with van der Waals surface area (Å²) in [7, 11) is 0. The van der Waals surface area contributed by atoms with Crippen LogP contribution in [0.1, 0.15) is 25.3 Å². The Kier molecular flexibility index (Phi) is 5.27. The number of hydrogen-bond acceptors (Lipinski definition) is 5. The van der Waals surface area contributed by atoms with E-state index in [9.17, 15) is 9.59 Å². The van der Waals surface area contributed by atoms with Gasteiger partial charge in [-0.1, -0.05) is 24.6 Å². The Morgan fingerprint density at radius 2 is 2.21 bits per heavy atom. The quantitative estimate of drug-likeness (QED) is 0.709. The summed E-state index contributed by atoms with van der Waals surface area (Å²) in [5.41, 5.74) is 1.49. The Balaban J connectivity index is 1.60. The van der Waals surface area contributed by atoms with Crippen molar-refractivity contribution in [2.75, 3.05) is 23.3 Å². The molecule has 8 nitrogen and oxygen atoms in total. The van der Waals surface area contributed by atoms with E-state index in [0.717, 1.165) is 25.1 Å². The molecule has 4 rings (SSSR count). The topological polar surface area (TPSA) is 84.5 Å². The van der Waals surface area contributed by atoms with Crippen LogP contribution in [0, 0.1) is 12.8 Å². The van der Waals surface area contributed by atoms with Crippen molar-refractivity contribution in [1.82, 2.24) is 19.2 Å². The Morgan fingerprint density at radius 1 is 1.38 bits per heavy atom. The molecule has 1 atom stereocenters. The van der Waals surface area contributed by atoms with Crippen LogP contribution in [-0.2, 0) is 11.3 Å². The summed E-state index contributed by atoms with van der Waals surface area (Å²) in [6, 6.07) is 5.29. The van der Waals surface area contributed by atoms with Crippen LogP contribution in [0.2, 0.25) is 5.02 Å². The van der Waals surface area contributed by atoms with Gasteiger partial charge in [-0.3, -0.25) is 4.79 Å². The van der Waals surface area contributed by atoms with E-state index in [1.165, 1.54) is 15.5 Å². The van der Waals surface area contributed by atoms with E-state index in [2.05, 4.69) is 27.2 Å². The lowest BCUT2D eigenvalue weighted by Crippen LogP contribution is -2.35. The van der Waals surface area contributed by atoms with Gasteiger partial charge in [-0.25, -0.2) is 18.9 Å². The number of amides is 1.